The molecule has 108 valence electrons. The van der Waals surface area contributed by atoms with E-state index in [1.807, 2.05) is 28.9 Å². The molecule has 1 saturated heterocycles. The number of fused-ring (bicyclic) bond motifs is 1. The maximum Gasteiger partial charge on any atom is 0.150 e. The second-order valence-electron chi connectivity index (χ2n) is 5.56. The fourth-order valence-electron chi connectivity index (χ4n) is 2.88. The van der Waals surface area contributed by atoms with Gasteiger partial charge in [-0.2, -0.15) is 0 Å². The summed E-state index contributed by atoms with van der Waals surface area (Å²) in [4.78, 5) is 4.58. The molecule has 0 aliphatic carbocycles. The van der Waals surface area contributed by atoms with Gasteiger partial charge in [0.25, 0.3) is 0 Å². The Bertz CT molecular complexity index is 721. The van der Waals surface area contributed by atoms with E-state index in [-0.39, 0.29) is 5.92 Å². The smallest absolute Gasteiger partial charge is 0.150 e. The summed E-state index contributed by atoms with van der Waals surface area (Å²) in [5.74, 6) is 0.844. The number of hydrogen-bond acceptors (Lipinski definition) is 4. The summed E-state index contributed by atoms with van der Waals surface area (Å²) in [6.07, 6.45) is 6.42. The Morgan fingerprint density at radius 3 is 3.05 bits per heavy atom. The molecule has 3 heterocycles. The fourth-order valence-corrected chi connectivity index (χ4v) is 4.65. The summed E-state index contributed by atoms with van der Waals surface area (Å²) in [7, 11) is -2.84. The summed E-state index contributed by atoms with van der Waals surface area (Å²) >= 11 is 0. The van der Waals surface area contributed by atoms with Gasteiger partial charge >= 0.3 is 0 Å². The maximum absolute atomic E-state index is 11.7. The lowest BCUT2D eigenvalue weighted by atomic mass is 10.00. The normalized spacial score (nSPS) is 22.1. The van der Waals surface area contributed by atoms with Crippen LogP contribution in [0.4, 0.5) is 0 Å². The molecule has 1 atom stereocenters. The van der Waals surface area contributed by atoms with E-state index in [4.69, 9.17) is 5.73 Å². The van der Waals surface area contributed by atoms with Gasteiger partial charge in [0, 0.05) is 18.9 Å². The summed E-state index contributed by atoms with van der Waals surface area (Å²) in [6, 6.07) is 3.95. The molecule has 1 aliphatic rings. The van der Waals surface area contributed by atoms with Crippen molar-refractivity contribution in [2.24, 2.45) is 11.7 Å². The largest absolute Gasteiger partial charge is 0.326 e. The van der Waals surface area contributed by atoms with Crippen LogP contribution < -0.4 is 5.73 Å². The Morgan fingerprint density at radius 2 is 2.30 bits per heavy atom. The third-order valence-electron chi connectivity index (χ3n) is 3.87. The average molecular weight is 293 g/mol. The van der Waals surface area contributed by atoms with Gasteiger partial charge in [-0.05, 0) is 42.9 Å². The quantitative estimate of drug-likeness (QED) is 0.921. The molecule has 2 N–H and O–H groups in total. The van der Waals surface area contributed by atoms with Crippen LogP contribution in [-0.2, 0) is 22.8 Å². The summed E-state index contributed by atoms with van der Waals surface area (Å²) in [6.45, 7) is 0.500. The van der Waals surface area contributed by atoms with Crippen molar-refractivity contribution in [1.82, 2.24) is 9.38 Å². The van der Waals surface area contributed by atoms with Crippen LogP contribution in [-0.4, -0.2) is 29.3 Å². The molecule has 0 aromatic carbocycles. The molecule has 0 spiro atoms. The van der Waals surface area contributed by atoms with Crippen molar-refractivity contribution in [2.45, 2.75) is 25.8 Å². The average Bonchev–Trinajstić information content (AvgIpc) is 2.78. The van der Waals surface area contributed by atoms with Crippen LogP contribution in [0.25, 0.3) is 5.65 Å². The van der Waals surface area contributed by atoms with Crippen molar-refractivity contribution >= 4 is 15.5 Å². The van der Waals surface area contributed by atoms with Crippen molar-refractivity contribution in [3.63, 3.8) is 0 Å². The Balaban J connectivity index is 1.80. The van der Waals surface area contributed by atoms with Crippen LogP contribution in [0.3, 0.4) is 0 Å². The van der Waals surface area contributed by atoms with Gasteiger partial charge in [-0.1, -0.05) is 0 Å². The number of rotatable bonds is 3. The van der Waals surface area contributed by atoms with Crippen molar-refractivity contribution < 1.29 is 8.42 Å². The number of aromatic nitrogens is 2. The van der Waals surface area contributed by atoms with Crippen LogP contribution in [0.2, 0.25) is 0 Å². The van der Waals surface area contributed by atoms with Gasteiger partial charge < -0.3 is 10.1 Å². The van der Waals surface area contributed by atoms with E-state index >= 15 is 0 Å². The number of nitrogens with zero attached hydrogens (tertiary/aromatic N) is 2. The molecule has 1 unspecified atom stereocenters. The molecule has 2 aromatic rings. The molecule has 1 aliphatic heterocycles. The third-order valence-corrected chi connectivity index (χ3v) is 5.76. The van der Waals surface area contributed by atoms with Gasteiger partial charge in [-0.3, -0.25) is 0 Å². The first kappa shape index (κ1) is 13.6. The Kier molecular flexibility index (Phi) is 3.52. The highest BCUT2D eigenvalue weighted by atomic mass is 32.2. The maximum atomic E-state index is 11.7. The van der Waals surface area contributed by atoms with E-state index in [0.717, 1.165) is 36.2 Å². The molecule has 0 amide bonds. The lowest BCUT2D eigenvalue weighted by Gasteiger charge is -2.20. The monoisotopic (exact) mass is 293 g/mol. The van der Waals surface area contributed by atoms with E-state index in [9.17, 15) is 8.42 Å². The topological polar surface area (TPSA) is 77.5 Å². The van der Waals surface area contributed by atoms with Gasteiger partial charge in [0.15, 0.2) is 9.84 Å². The molecule has 0 saturated carbocycles. The number of pyridine rings is 1. The Labute approximate surface area is 118 Å². The minimum absolute atomic E-state index is 0.202. The van der Waals surface area contributed by atoms with E-state index < -0.39 is 9.84 Å². The molecule has 6 heteroatoms. The first-order valence-corrected chi connectivity index (χ1v) is 8.75. The second kappa shape index (κ2) is 5.18. The molecule has 0 bridgehead atoms. The van der Waals surface area contributed by atoms with Crippen LogP contribution in [0.15, 0.2) is 24.5 Å². The number of nitrogens with two attached hydrogens (primary N) is 1. The van der Waals surface area contributed by atoms with Crippen LogP contribution in [0.1, 0.15) is 24.1 Å². The zero-order valence-corrected chi connectivity index (χ0v) is 12.1. The first-order valence-electron chi connectivity index (χ1n) is 6.93. The molecule has 3 rings (SSSR count). The van der Waals surface area contributed by atoms with E-state index in [2.05, 4.69) is 4.98 Å². The molecular weight excluding hydrogens is 274 g/mol. The predicted molar refractivity (Wildman–Crippen MR) is 78.2 cm³/mol. The number of sulfone groups is 1. The molecule has 0 radical (unpaired) electrons. The zero-order valence-electron chi connectivity index (χ0n) is 11.3. The minimum atomic E-state index is -2.84. The summed E-state index contributed by atoms with van der Waals surface area (Å²) in [5, 5.41) is 0. The van der Waals surface area contributed by atoms with Gasteiger partial charge in [-0.15, -0.1) is 0 Å². The lowest BCUT2D eigenvalue weighted by molar-refractivity contribution is 0.480. The molecule has 20 heavy (non-hydrogen) atoms. The van der Waals surface area contributed by atoms with Gasteiger partial charge in [-0.25, -0.2) is 13.4 Å². The lowest BCUT2D eigenvalue weighted by Crippen LogP contribution is -2.26. The van der Waals surface area contributed by atoms with Gasteiger partial charge in [0.1, 0.15) is 5.65 Å². The van der Waals surface area contributed by atoms with E-state index in [0.29, 0.717) is 18.1 Å². The summed E-state index contributed by atoms with van der Waals surface area (Å²) < 4.78 is 25.3. The molecular formula is C14H19N3O2S. The number of hydrogen-bond donors (Lipinski definition) is 1. The SMILES string of the molecule is NCc1ccn2cc(CC3CCCS(=O)(=O)C3)nc2c1. The van der Waals surface area contributed by atoms with Crippen molar-refractivity contribution in [2.75, 3.05) is 11.5 Å². The van der Waals surface area contributed by atoms with E-state index in [1.54, 1.807) is 0 Å². The van der Waals surface area contributed by atoms with Crippen LogP contribution in [0.5, 0.6) is 0 Å². The number of imidazole rings is 1. The zero-order chi connectivity index (χ0) is 14.2. The highest BCUT2D eigenvalue weighted by Gasteiger charge is 2.25. The standard InChI is InChI=1S/C14H19N3O2S/c15-8-11-3-4-17-9-13(16-14(17)7-11)6-12-2-1-5-20(18,19)10-12/h3-4,7,9,12H,1-2,5-6,8,10,15H2. The van der Waals surface area contributed by atoms with Gasteiger partial charge in [0.2, 0.25) is 0 Å². The molecule has 1 fully saturated rings. The molecule has 2 aromatic heterocycles. The highest BCUT2D eigenvalue weighted by Crippen LogP contribution is 2.22. The summed E-state index contributed by atoms with van der Waals surface area (Å²) in [5.41, 5.74) is 8.51. The molecule has 5 nitrogen and oxygen atoms in total. The highest BCUT2D eigenvalue weighted by molar-refractivity contribution is 7.91. The van der Waals surface area contributed by atoms with E-state index in [1.165, 1.54) is 0 Å². The van der Waals surface area contributed by atoms with Crippen LogP contribution >= 0.6 is 0 Å². The van der Waals surface area contributed by atoms with Crippen LogP contribution in [0, 0.1) is 5.92 Å². The minimum Gasteiger partial charge on any atom is -0.326 e. The third kappa shape index (κ3) is 2.86. The van der Waals surface area contributed by atoms with Crippen molar-refractivity contribution in [3.05, 3.63) is 35.8 Å². The predicted octanol–water partition coefficient (Wildman–Crippen LogP) is 1.16. The first-order chi connectivity index (χ1) is 9.55. The fraction of sp³-hybridized carbons (Fsp3) is 0.500. The van der Waals surface area contributed by atoms with Crippen molar-refractivity contribution in [3.8, 4) is 0 Å². The Morgan fingerprint density at radius 1 is 1.45 bits per heavy atom. The Hall–Kier alpha value is -1.40. The second-order valence-corrected chi connectivity index (χ2v) is 7.79. The van der Waals surface area contributed by atoms with Gasteiger partial charge in [0.05, 0.1) is 17.2 Å². The van der Waals surface area contributed by atoms with Crippen molar-refractivity contribution in [1.29, 1.82) is 0 Å².